The molecular formula is C18H17F6N5O. The van der Waals surface area contributed by atoms with Crippen molar-refractivity contribution in [1.82, 2.24) is 19.7 Å². The van der Waals surface area contributed by atoms with E-state index >= 15 is 0 Å². The number of nitrogens with zero attached hydrogens (tertiary/aromatic N) is 4. The van der Waals surface area contributed by atoms with Crippen molar-refractivity contribution in [3.8, 4) is 0 Å². The zero-order chi connectivity index (χ0) is 21.8. The highest BCUT2D eigenvalue weighted by atomic mass is 19.4. The fraction of sp³-hybridized carbons (Fsp3) is 0.500. The predicted molar refractivity (Wildman–Crippen MR) is 90.2 cm³/mol. The lowest BCUT2D eigenvalue weighted by Crippen LogP contribution is -2.46. The molecule has 2 bridgehead atoms. The Bertz CT molecular complexity index is 990. The number of benzene rings is 1. The molecule has 30 heavy (non-hydrogen) atoms. The average Bonchev–Trinajstić information content (AvgIpc) is 3.21. The van der Waals surface area contributed by atoms with Gasteiger partial charge in [-0.1, -0.05) is 0 Å². The predicted octanol–water partition coefficient (Wildman–Crippen LogP) is 2.72. The lowest BCUT2D eigenvalue weighted by Gasteiger charge is -2.36. The van der Waals surface area contributed by atoms with E-state index in [1.807, 2.05) is 0 Å². The molecule has 6 nitrogen and oxygen atoms in total. The van der Waals surface area contributed by atoms with Gasteiger partial charge in [0.05, 0.1) is 12.1 Å². The van der Waals surface area contributed by atoms with E-state index in [0.717, 1.165) is 4.57 Å². The SMILES string of the molecule is N[C@@H](CC(=O)N1C2CCC1c1nnc(C(F)(F)F)n1C2)Cc1cc(F)c(F)cc1F. The van der Waals surface area contributed by atoms with Crippen LogP contribution in [0.15, 0.2) is 12.1 Å². The number of hydrogen-bond acceptors (Lipinski definition) is 4. The molecule has 2 aromatic rings. The van der Waals surface area contributed by atoms with Gasteiger partial charge in [-0.05, 0) is 30.9 Å². The smallest absolute Gasteiger partial charge is 0.328 e. The van der Waals surface area contributed by atoms with Gasteiger partial charge in [0.2, 0.25) is 11.7 Å². The first-order valence-corrected chi connectivity index (χ1v) is 9.26. The monoisotopic (exact) mass is 433 g/mol. The number of rotatable bonds is 4. The topological polar surface area (TPSA) is 77.0 Å². The van der Waals surface area contributed by atoms with E-state index in [4.69, 9.17) is 5.73 Å². The Morgan fingerprint density at radius 2 is 1.83 bits per heavy atom. The van der Waals surface area contributed by atoms with Gasteiger partial charge in [0, 0.05) is 25.1 Å². The number of alkyl halides is 3. The Morgan fingerprint density at radius 3 is 2.53 bits per heavy atom. The first-order chi connectivity index (χ1) is 14.1. The van der Waals surface area contributed by atoms with Crippen LogP contribution in [0.3, 0.4) is 0 Å². The summed E-state index contributed by atoms with van der Waals surface area (Å²) >= 11 is 0. The molecular weight excluding hydrogens is 416 g/mol. The van der Waals surface area contributed by atoms with Gasteiger partial charge < -0.3 is 15.2 Å². The van der Waals surface area contributed by atoms with Crippen molar-refractivity contribution in [2.45, 2.75) is 56.5 Å². The number of nitrogens with two attached hydrogens (primary N) is 1. The van der Waals surface area contributed by atoms with Crippen molar-refractivity contribution in [2.24, 2.45) is 5.73 Å². The van der Waals surface area contributed by atoms with Gasteiger partial charge in [-0.25, -0.2) is 13.2 Å². The molecule has 1 amide bonds. The zero-order valence-electron chi connectivity index (χ0n) is 15.5. The van der Waals surface area contributed by atoms with Gasteiger partial charge in [0.25, 0.3) is 0 Å². The van der Waals surface area contributed by atoms with Crippen LogP contribution in [-0.2, 0) is 23.9 Å². The molecule has 2 aliphatic rings. The summed E-state index contributed by atoms with van der Waals surface area (Å²) in [5.74, 6) is -4.95. The maximum atomic E-state index is 13.8. The van der Waals surface area contributed by atoms with E-state index in [1.54, 1.807) is 0 Å². The molecule has 2 N–H and O–H groups in total. The second-order valence-electron chi connectivity index (χ2n) is 7.56. The van der Waals surface area contributed by atoms with Crippen LogP contribution >= 0.6 is 0 Å². The van der Waals surface area contributed by atoms with Crippen molar-refractivity contribution >= 4 is 5.91 Å². The van der Waals surface area contributed by atoms with Crippen LogP contribution in [0.2, 0.25) is 0 Å². The molecule has 2 aliphatic heterocycles. The van der Waals surface area contributed by atoms with Crippen LogP contribution in [0.5, 0.6) is 0 Å². The summed E-state index contributed by atoms with van der Waals surface area (Å²) in [6, 6.07) is -0.885. The van der Waals surface area contributed by atoms with Gasteiger partial charge in [-0.3, -0.25) is 4.79 Å². The van der Waals surface area contributed by atoms with Crippen molar-refractivity contribution in [3.05, 3.63) is 46.8 Å². The quantitative estimate of drug-likeness (QED) is 0.594. The summed E-state index contributed by atoms with van der Waals surface area (Å²) in [7, 11) is 0. The van der Waals surface area contributed by atoms with Crippen molar-refractivity contribution in [1.29, 1.82) is 0 Å². The maximum Gasteiger partial charge on any atom is 0.451 e. The number of carbonyl (C=O) groups is 1. The third kappa shape index (κ3) is 3.53. The van der Waals surface area contributed by atoms with Crippen LogP contribution in [0.1, 0.15) is 42.5 Å². The molecule has 3 heterocycles. The van der Waals surface area contributed by atoms with Crippen LogP contribution in [0.4, 0.5) is 26.3 Å². The minimum Gasteiger partial charge on any atom is -0.328 e. The maximum absolute atomic E-state index is 13.8. The largest absolute Gasteiger partial charge is 0.451 e. The van der Waals surface area contributed by atoms with Gasteiger partial charge in [-0.15, -0.1) is 10.2 Å². The highest BCUT2D eigenvalue weighted by Crippen LogP contribution is 2.43. The number of amides is 1. The summed E-state index contributed by atoms with van der Waals surface area (Å²) < 4.78 is 80.5. The molecule has 162 valence electrons. The third-order valence-electron chi connectivity index (χ3n) is 5.52. The lowest BCUT2D eigenvalue weighted by atomic mass is 10.0. The van der Waals surface area contributed by atoms with Crippen molar-refractivity contribution in [2.75, 3.05) is 0 Å². The van der Waals surface area contributed by atoms with Gasteiger partial charge in [-0.2, -0.15) is 13.2 Å². The summed E-state index contributed by atoms with van der Waals surface area (Å²) in [6.45, 7) is -0.0769. The van der Waals surface area contributed by atoms with Gasteiger partial charge in [0.15, 0.2) is 17.5 Å². The van der Waals surface area contributed by atoms with Gasteiger partial charge >= 0.3 is 6.18 Å². The van der Waals surface area contributed by atoms with Crippen molar-refractivity contribution in [3.63, 3.8) is 0 Å². The van der Waals surface area contributed by atoms with E-state index in [9.17, 15) is 31.1 Å². The number of aromatic nitrogens is 3. The van der Waals surface area contributed by atoms with E-state index < -0.39 is 53.5 Å². The molecule has 0 saturated carbocycles. The summed E-state index contributed by atoms with van der Waals surface area (Å²) in [5.41, 5.74) is 5.76. The second kappa shape index (κ2) is 7.25. The summed E-state index contributed by atoms with van der Waals surface area (Å²) in [6.07, 6.45) is -4.13. The first-order valence-electron chi connectivity index (χ1n) is 9.26. The Labute approximate surface area is 166 Å². The van der Waals surface area contributed by atoms with Crippen LogP contribution < -0.4 is 5.73 Å². The second-order valence-corrected chi connectivity index (χ2v) is 7.56. The van der Waals surface area contributed by atoms with E-state index in [2.05, 4.69) is 10.2 Å². The molecule has 0 radical (unpaired) electrons. The number of carbonyl (C=O) groups excluding carboxylic acids is 1. The molecule has 0 spiro atoms. The highest BCUT2D eigenvalue weighted by Gasteiger charge is 2.48. The summed E-state index contributed by atoms with van der Waals surface area (Å²) in [4.78, 5) is 14.3. The molecule has 1 aromatic carbocycles. The third-order valence-corrected chi connectivity index (χ3v) is 5.52. The number of fused-ring (bicyclic) bond motifs is 4. The molecule has 4 rings (SSSR count). The first kappa shape index (κ1) is 20.6. The molecule has 3 atom stereocenters. The number of hydrogen-bond donors (Lipinski definition) is 1. The number of halogens is 6. The minimum atomic E-state index is -4.65. The highest BCUT2D eigenvalue weighted by molar-refractivity contribution is 5.78. The van der Waals surface area contributed by atoms with Crippen LogP contribution in [0.25, 0.3) is 0 Å². The Morgan fingerprint density at radius 1 is 1.13 bits per heavy atom. The molecule has 12 heteroatoms. The molecule has 2 unspecified atom stereocenters. The standard InChI is InChI=1S/C18H17F6N5O/c19-11-6-13(21)12(20)4-8(11)3-9(25)5-15(30)29-10-1-2-14(29)16-26-27-17(18(22,23)24)28(16)7-10/h4,6,9-10,14H,1-3,5,7,25H2/t9-,10?,14?/m1/s1. The average molecular weight is 433 g/mol. The molecule has 0 aliphatic carbocycles. The van der Waals surface area contributed by atoms with E-state index in [1.165, 1.54) is 4.90 Å². The molecule has 1 aromatic heterocycles. The Hall–Kier alpha value is -2.63. The van der Waals surface area contributed by atoms with Gasteiger partial charge in [0.1, 0.15) is 5.82 Å². The minimum absolute atomic E-state index is 0.0737. The van der Waals surface area contributed by atoms with Crippen LogP contribution in [0, 0.1) is 17.5 Å². The van der Waals surface area contributed by atoms with Crippen molar-refractivity contribution < 1.29 is 31.1 Å². The Balaban J connectivity index is 1.48. The summed E-state index contributed by atoms with van der Waals surface area (Å²) in [5, 5.41) is 6.89. The fourth-order valence-electron chi connectivity index (χ4n) is 4.26. The normalized spacial score (nSPS) is 21.6. The van der Waals surface area contributed by atoms with Crippen LogP contribution in [-0.4, -0.2) is 37.7 Å². The molecule has 1 saturated heterocycles. The van der Waals surface area contributed by atoms with E-state index in [-0.39, 0.29) is 30.8 Å². The zero-order valence-corrected chi connectivity index (χ0v) is 15.5. The lowest BCUT2D eigenvalue weighted by molar-refractivity contribution is -0.148. The Kier molecular flexibility index (Phi) is 4.99. The van der Waals surface area contributed by atoms with E-state index in [0.29, 0.717) is 25.0 Å². The fourth-order valence-corrected chi connectivity index (χ4v) is 4.26. The molecule has 1 fully saturated rings.